The number of carbonyl (C=O) groups is 2. The van der Waals surface area contributed by atoms with Gasteiger partial charge in [-0.3, -0.25) is 9.59 Å². The van der Waals surface area contributed by atoms with Crippen LogP contribution >= 0.6 is 34.8 Å². The lowest BCUT2D eigenvalue weighted by Gasteiger charge is -2.06. The fraction of sp³-hybridized carbons (Fsp3) is 0.875. The van der Waals surface area contributed by atoms with E-state index < -0.39 is 10.8 Å². The highest BCUT2D eigenvalue weighted by atomic mass is 35.5. The second-order valence-electron chi connectivity index (χ2n) is 5.31. The zero-order chi connectivity index (χ0) is 17.3. The van der Waals surface area contributed by atoms with Crippen LogP contribution in [-0.4, -0.2) is 35.9 Å². The van der Waals surface area contributed by atoms with Gasteiger partial charge in [0.2, 0.25) is 0 Å². The number of unbranched alkanes of at least 4 members (excludes halogenated alkanes) is 7. The molecule has 0 fully saturated rings. The fourth-order valence-electron chi connectivity index (χ4n) is 1.95. The highest BCUT2D eigenvalue weighted by Gasteiger charge is 2.10. The second kappa shape index (κ2) is 16.7. The zero-order valence-electron chi connectivity index (χ0n) is 13.5. The first-order valence-corrected chi connectivity index (χ1v) is 9.62. The van der Waals surface area contributed by atoms with E-state index >= 15 is 0 Å². The van der Waals surface area contributed by atoms with Crippen molar-refractivity contribution < 1.29 is 19.1 Å². The summed E-state index contributed by atoms with van der Waals surface area (Å²) in [6, 6.07) is 0. The molecule has 0 spiro atoms. The Hall–Kier alpha value is -0.190. The van der Waals surface area contributed by atoms with E-state index in [0.29, 0.717) is 6.61 Å². The van der Waals surface area contributed by atoms with Crippen LogP contribution in [-0.2, 0) is 19.1 Å². The van der Waals surface area contributed by atoms with E-state index in [9.17, 15) is 9.59 Å². The average Bonchev–Trinajstić information content (AvgIpc) is 2.52. The van der Waals surface area contributed by atoms with E-state index in [2.05, 4.69) is 0 Å². The Bertz CT molecular complexity index is 312. The number of hydrogen-bond donors (Lipinski definition) is 0. The molecular weight excluding hydrogens is 363 g/mol. The van der Waals surface area contributed by atoms with Crippen molar-refractivity contribution >= 4 is 46.7 Å². The van der Waals surface area contributed by atoms with Gasteiger partial charge in [0.25, 0.3) is 0 Å². The maximum absolute atomic E-state index is 11.4. The van der Waals surface area contributed by atoms with Gasteiger partial charge in [-0.05, 0) is 12.8 Å². The van der Waals surface area contributed by atoms with Crippen LogP contribution in [0.3, 0.4) is 0 Å². The van der Waals surface area contributed by atoms with Gasteiger partial charge in [0.05, 0.1) is 19.4 Å². The van der Waals surface area contributed by atoms with Gasteiger partial charge in [0, 0.05) is 5.88 Å². The number of hydrogen-bond acceptors (Lipinski definition) is 4. The molecule has 0 saturated carbocycles. The van der Waals surface area contributed by atoms with Gasteiger partial charge in [-0.25, -0.2) is 0 Å². The lowest BCUT2D eigenvalue weighted by atomic mass is 10.1. The molecule has 4 nitrogen and oxygen atoms in total. The molecule has 0 saturated heterocycles. The Morgan fingerprint density at radius 3 is 1.74 bits per heavy atom. The van der Waals surface area contributed by atoms with Crippen LogP contribution in [0.25, 0.3) is 0 Å². The van der Waals surface area contributed by atoms with E-state index in [4.69, 9.17) is 44.3 Å². The largest absolute Gasteiger partial charge is 0.466 e. The minimum Gasteiger partial charge on any atom is -0.466 e. The van der Waals surface area contributed by atoms with Gasteiger partial charge < -0.3 is 9.47 Å². The van der Waals surface area contributed by atoms with Crippen molar-refractivity contribution in [2.45, 2.75) is 69.0 Å². The van der Waals surface area contributed by atoms with Crippen molar-refractivity contribution in [3.05, 3.63) is 0 Å². The highest BCUT2D eigenvalue weighted by molar-refractivity contribution is 6.44. The molecule has 7 heteroatoms. The third-order valence-electron chi connectivity index (χ3n) is 3.19. The summed E-state index contributed by atoms with van der Waals surface area (Å²) in [4.78, 5) is 21.9. The van der Waals surface area contributed by atoms with Crippen molar-refractivity contribution in [1.29, 1.82) is 0 Å². The minimum atomic E-state index is -0.744. The van der Waals surface area contributed by atoms with Crippen LogP contribution in [0.5, 0.6) is 0 Å². The summed E-state index contributed by atoms with van der Waals surface area (Å²) in [7, 11) is 0. The second-order valence-corrected chi connectivity index (χ2v) is 6.97. The lowest BCUT2D eigenvalue weighted by Crippen LogP contribution is -2.13. The average molecular weight is 390 g/mol. The number of halogens is 3. The van der Waals surface area contributed by atoms with Gasteiger partial charge in [0.1, 0.15) is 11.4 Å². The summed E-state index contributed by atoms with van der Waals surface area (Å²) < 4.78 is 9.81. The van der Waals surface area contributed by atoms with E-state index in [0.717, 1.165) is 31.6 Å². The molecule has 23 heavy (non-hydrogen) atoms. The first-order valence-electron chi connectivity index (χ1n) is 8.21. The zero-order valence-corrected chi connectivity index (χ0v) is 15.8. The Morgan fingerprint density at radius 2 is 1.22 bits per heavy atom. The smallest absolute Gasteiger partial charge is 0.306 e. The highest BCUT2D eigenvalue weighted by Crippen LogP contribution is 2.09. The Balaban J connectivity index is 3.32. The Labute approximate surface area is 154 Å². The molecule has 0 amide bonds. The predicted octanol–water partition coefficient (Wildman–Crippen LogP) is 5.02. The molecule has 0 aromatic carbocycles. The van der Waals surface area contributed by atoms with Crippen molar-refractivity contribution in [2.24, 2.45) is 0 Å². The molecular formula is C16H27Cl3O4. The molecule has 0 aliphatic carbocycles. The van der Waals surface area contributed by atoms with E-state index in [1.54, 1.807) is 0 Å². The van der Waals surface area contributed by atoms with Crippen molar-refractivity contribution in [3.63, 3.8) is 0 Å². The predicted molar refractivity (Wildman–Crippen MR) is 94.3 cm³/mol. The first kappa shape index (κ1) is 22.8. The molecule has 0 aromatic heterocycles. The van der Waals surface area contributed by atoms with E-state index in [1.807, 2.05) is 0 Å². The number of carbonyl (C=O) groups excluding carboxylic acids is 2. The molecule has 0 rings (SSSR count). The number of ether oxygens (including phenoxy) is 2. The van der Waals surface area contributed by atoms with Gasteiger partial charge in [-0.2, -0.15) is 0 Å². The van der Waals surface area contributed by atoms with Gasteiger partial charge in [-0.15, -0.1) is 34.8 Å². The summed E-state index contributed by atoms with van der Waals surface area (Å²) in [5, 5.41) is 0. The number of rotatable bonds is 15. The third kappa shape index (κ3) is 18.0. The topological polar surface area (TPSA) is 52.6 Å². The molecule has 0 aliphatic heterocycles. The van der Waals surface area contributed by atoms with Crippen LogP contribution in [0.15, 0.2) is 0 Å². The Morgan fingerprint density at radius 1 is 0.739 bits per heavy atom. The van der Waals surface area contributed by atoms with Crippen molar-refractivity contribution in [1.82, 2.24) is 0 Å². The van der Waals surface area contributed by atoms with Crippen LogP contribution in [0.4, 0.5) is 0 Å². The lowest BCUT2D eigenvalue weighted by molar-refractivity contribution is -0.150. The van der Waals surface area contributed by atoms with Crippen LogP contribution in [0.1, 0.15) is 64.2 Å². The van der Waals surface area contributed by atoms with E-state index in [-0.39, 0.29) is 25.4 Å². The normalized spacial score (nSPS) is 10.8. The standard InChI is InChI=1S/C16H27Cl3O4/c17-11-7-5-3-1-2-4-6-8-12-22-15(20)9-10-16(21)23-13-14(18)19/h14H,1-13H2. The van der Waals surface area contributed by atoms with E-state index in [1.165, 1.54) is 25.7 Å². The number of alkyl halides is 3. The SMILES string of the molecule is O=C(CCC(=O)OCC(Cl)Cl)OCCCCCCCCCCCl. The van der Waals surface area contributed by atoms with Crippen molar-refractivity contribution in [2.75, 3.05) is 19.1 Å². The van der Waals surface area contributed by atoms with Gasteiger partial charge in [-0.1, -0.05) is 38.5 Å². The molecule has 0 bridgehead atoms. The summed E-state index contributed by atoms with van der Waals surface area (Å²) >= 11 is 16.5. The van der Waals surface area contributed by atoms with Gasteiger partial charge in [0.15, 0.2) is 0 Å². The maximum atomic E-state index is 11.4. The van der Waals surface area contributed by atoms with Crippen LogP contribution < -0.4 is 0 Å². The van der Waals surface area contributed by atoms with Crippen LogP contribution in [0, 0.1) is 0 Å². The molecule has 0 N–H and O–H groups in total. The molecule has 0 unspecified atom stereocenters. The summed E-state index contributed by atoms with van der Waals surface area (Å²) in [5.41, 5.74) is 0. The molecule has 0 aliphatic rings. The van der Waals surface area contributed by atoms with Crippen molar-refractivity contribution in [3.8, 4) is 0 Å². The first-order chi connectivity index (χ1) is 11.1. The molecule has 0 aromatic rings. The summed E-state index contributed by atoms with van der Waals surface area (Å²) in [6.45, 7) is 0.342. The maximum Gasteiger partial charge on any atom is 0.306 e. The fourth-order valence-corrected chi connectivity index (χ4v) is 2.26. The van der Waals surface area contributed by atoms with Gasteiger partial charge >= 0.3 is 11.9 Å². The molecule has 0 atom stereocenters. The monoisotopic (exact) mass is 388 g/mol. The Kier molecular flexibility index (Phi) is 16.5. The quantitative estimate of drug-likeness (QED) is 0.224. The summed E-state index contributed by atoms with van der Waals surface area (Å²) in [5.74, 6) is -0.123. The molecule has 136 valence electrons. The molecule has 0 radical (unpaired) electrons. The molecule has 0 heterocycles. The van der Waals surface area contributed by atoms with Crippen LogP contribution in [0.2, 0.25) is 0 Å². The third-order valence-corrected chi connectivity index (χ3v) is 3.71. The minimum absolute atomic E-state index is 0.0123. The summed E-state index contributed by atoms with van der Waals surface area (Å²) in [6.07, 6.45) is 9.08. The number of esters is 2.